The van der Waals surface area contributed by atoms with E-state index in [1.807, 2.05) is 50.2 Å². The highest BCUT2D eigenvalue weighted by molar-refractivity contribution is 6.39. The number of anilines is 1. The highest BCUT2D eigenvalue weighted by Crippen LogP contribution is 2.19. The van der Waals surface area contributed by atoms with Gasteiger partial charge in [0.1, 0.15) is 12.4 Å². The summed E-state index contributed by atoms with van der Waals surface area (Å²) in [7, 11) is 0. The first kappa shape index (κ1) is 22.1. The first-order valence-electron chi connectivity index (χ1n) is 9.60. The summed E-state index contributed by atoms with van der Waals surface area (Å²) >= 11 is 6.12. The summed E-state index contributed by atoms with van der Waals surface area (Å²) in [5.41, 5.74) is 6.39. The molecule has 0 saturated heterocycles. The normalized spacial score (nSPS) is 10.7. The Hall–Kier alpha value is -3.64. The third-order valence-corrected chi connectivity index (χ3v) is 4.82. The first-order chi connectivity index (χ1) is 14.9. The summed E-state index contributed by atoms with van der Waals surface area (Å²) in [6.07, 6.45) is 1.44. The molecule has 0 aliphatic heterocycles. The fourth-order valence-electron chi connectivity index (χ4n) is 2.78. The topological polar surface area (TPSA) is 79.8 Å². The number of aryl methyl sites for hydroxylation is 2. The van der Waals surface area contributed by atoms with Crippen molar-refractivity contribution in [3.63, 3.8) is 0 Å². The van der Waals surface area contributed by atoms with Crippen LogP contribution >= 0.6 is 11.6 Å². The molecule has 2 amide bonds. The van der Waals surface area contributed by atoms with Gasteiger partial charge >= 0.3 is 11.8 Å². The molecule has 0 spiro atoms. The Labute approximate surface area is 185 Å². The summed E-state index contributed by atoms with van der Waals surface area (Å²) in [5.74, 6) is -0.961. The molecule has 0 atom stereocenters. The maximum absolute atomic E-state index is 12.0. The molecule has 0 aliphatic carbocycles. The smallest absolute Gasteiger partial charge is 0.329 e. The van der Waals surface area contributed by atoms with Crippen LogP contribution in [0.1, 0.15) is 22.3 Å². The molecule has 6 nitrogen and oxygen atoms in total. The van der Waals surface area contributed by atoms with Crippen LogP contribution in [0.15, 0.2) is 71.8 Å². The Bertz CT molecular complexity index is 1110. The summed E-state index contributed by atoms with van der Waals surface area (Å²) in [4.78, 5) is 24.0. The third-order valence-electron chi connectivity index (χ3n) is 4.45. The molecule has 0 saturated carbocycles. The lowest BCUT2D eigenvalue weighted by Gasteiger charge is -2.08. The van der Waals surface area contributed by atoms with E-state index < -0.39 is 11.8 Å². The van der Waals surface area contributed by atoms with Crippen molar-refractivity contribution in [2.75, 3.05) is 5.32 Å². The number of hydrogen-bond acceptors (Lipinski definition) is 4. The van der Waals surface area contributed by atoms with E-state index >= 15 is 0 Å². The van der Waals surface area contributed by atoms with Crippen LogP contribution in [-0.4, -0.2) is 18.0 Å². The van der Waals surface area contributed by atoms with Crippen molar-refractivity contribution in [2.24, 2.45) is 5.10 Å². The molecular weight excluding hydrogens is 414 g/mol. The molecule has 158 valence electrons. The average Bonchev–Trinajstić information content (AvgIpc) is 2.76. The predicted molar refractivity (Wildman–Crippen MR) is 123 cm³/mol. The van der Waals surface area contributed by atoms with Gasteiger partial charge in [0, 0.05) is 16.3 Å². The van der Waals surface area contributed by atoms with Gasteiger partial charge in [-0.3, -0.25) is 9.59 Å². The molecule has 3 aromatic rings. The average molecular weight is 436 g/mol. The lowest BCUT2D eigenvalue weighted by Crippen LogP contribution is -2.32. The SMILES string of the molecule is Cc1ccc(NC(=O)C(=O)NN=Cc2ccc(OCc3ccccc3Cl)cc2)c(C)c1. The van der Waals surface area contributed by atoms with Gasteiger partial charge in [0.05, 0.1) is 6.21 Å². The standard InChI is InChI=1S/C24H22ClN3O3/c1-16-7-12-22(17(2)13-16)27-23(29)24(30)28-26-14-18-8-10-20(11-9-18)31-15-19-5-3-4-6-21(19)25/h3-14H,15H2,1-2H3,(H,27,29)(H,28,30). The van der Waals surface area contributed by atoms with Gasteiger partial charge in [-0.05, 0) is 61.4 Å². The zero-order chi connectivity index (χ0) is 22.2. The van der Waals surface area contributed by atoms with E-state index in [4.69, 9.17) is 16.3 Å². The first-order valence-corrected chi connectivity index (χ1v) is 9.98. The number of hydrazone groups is 1. The van der Waals surface area contributed by atoms with Gasteiger partial charge in [-0.15, -0.1) is 0 Å². The van der Waals surface area contributed by atoms with Crippen molar-refractivity contribution in [1.29, 1.82) is 0 Å². The number of amides is 2. The molecule has 7 heteroatoms. The van der Waals surface area contributed by atoms with Gasteiger partial charge in [-0.25, -0.2) is 5.43 Å². The monoisotopic (exact) mass is 435 g/mol. The Kier molecular flexibility index (Phi) is 7.40. The van der Waals surface area contributed by atoms with Crippen LogP contribution in [0.3, 0.4) is 0 Å². The number of carbonyl (C=O) groups is 2. The van der Waals surface area contributed by atoms with Crippen LogP contribution in [0.2, 0.25) is 5.02 Å². The fraction of sp³-hybridized carbons (Fsp3) is 0.125. The number of carbonyl (C=O) groups excluding carboxylic acids is 2. The van der Waals surface area contributed by atoms with Crippen LogP contribution < -0.4 is 15.5 Å². The number of rotatable bonds is 6. The van der Waals surface area contributed by atoms with Crippen LogP contribution in [-0.2, 0) is 16.2 Å². The van der Waals surface area contributed by atoms with Crippen molar-refractivity contribution < 1.29 is 14.3 Å². The second-order valence-corrected chi connectivity index (χ2v) is 7.33. The van der Waals surface area contributed by atoms with Crippen molar-refractivity contribution in [1.82, 2.24) is 5.43 Å². The predicted octanol–water partition coefficient (Wildman–Crippen LogP) is 4.62. The molecule has 31 heavy (non-hydrogen) atoms. The molecule has 0 aliphatic rings. The molecule has 0 fully saturated rings. The van der Waals surface area contributed by atoms with Crippen LogP contribution in [0.25, 0.3) is 0 Å². The van der Waals surface area contributed by atoms with Gasteiger partial charge in [0.25, 0.3) is 0 Å². The molecule has 3 rings (SSSR count). The van der Waals surface area contributed by atoms with Crippen molar-refractivity contribution in [2.45, 2.75) is 20.5 Å². The van der Waals surface area contributed by atoms with Crippen molar-refractivity contribution in [3.05, 3.63) is 94.0 Å². The second-order valence-electron chi connectivity index (χ2n) is 6.92. The lowest BCUT2D eigenvalue weighted by atomic mass is 10.1. The number of nitrogens with zero attached hydrogens (tertiary/aromatic N) is 1. The van der Waals surface area contributed by atoms with Crippen LogP contribution in [0.4, 0.5) is 5.69 Å². The van der Waals surface area contributed by atoms with Gasteiger partial charge in [0.2, 0.25) is 0 Å². The van der Waals surface area contributed by atoms with E-state index in [9.17, 15) is 9.59 Å². The van der Waals surface area contributed by atoms with Gasteiger partial charge < -0.3 is 10.1 Å². The van der Waals surface area contributed by atoms with Crippen LogP contribution in [0.5, 0.6) is 5.75 Å². The van der Waals surface area contributed by atoms with Crippen LogP contribution in [0, 0.1) is 13.8 Å². The van der Waals surface area contributed by atoms with E-state index in [0.717, 1.165) is 22.3 Å². The van der Waals surface area contributed by atoms with Crippen molar-refractivity contribution in [3.8, 4) is 5.75 Å². The van der Waals surface area contributed by atoms with E-state index in [0.29, 0.717) is 23.1 Å². The third kappa shape index (κ3) is 6.42. The number of hydrogen-bond donors (Lipinski definition) is 2. The number of ether oxygens (including phenoxy) is 1. The molecule has 0 heterocycles. The summed E-state index contributed by atoms with van der Waals surface area (Å²) in [6.45, 7) is 4.18. The molecule has 0 bridgehead atoms. The quantitative estimate of drug-likeness (QED) is 0.336. The fourth-order valence-corrected chi connectivity index (χ4v) is 2.97. The number of halogens is 1. The van der Waals surface area contributed by atoms with E-state index in [2.05, 4.69) is 15.8 Å². The minimum absolute atomic E-state index is 0.360. The number of nitrogens with one attached hydrogen (secondary N) is 2. The molecule has 0 unspecified atom stereocenters. The molecule has 3 aromatic carbocycles. The van der Waals surface area contributed by atoms with E-state index in [1.165, 1.54) is 6.21 Å². The minimum Gasteiger partial charge on any atom is -0.489 e. The molecule has 2 N–H and O–H groups in total. The Balaban J connectivity index is 1.49. The second kappa shape index (κ2) is 10.4. The largest absolute Gasteiger partial charge is 0.489 e. The Morgan fingerprint density at radius 3 is 2.45 bits per heavy atom. The Morgan fingerprint density at radius 1 is 1.00 bits per heavy atom. The van der Waals surface area contributed by atoms with E-state index in [1.54, 1.807) is 30.3 Å². The summed E-state index contributed by atoms with van der Waals surface area (Å²) in [6, 6.07) is 20.2. The van der Waals surface area contributed by atoms with E-state index in [-0.39, 0.29) is 0 Å². The number of benzene rings is 3. The highest BCUT2D eigenvalue weighted by Gasteiger charge is 2.13. The summed E-state index contributed by atoms with van der Waals surface area (Å²) < 4.78 is 5.72. The van der Waals surface area contributed by atoms with Gasteiger partial charge in [-0.2, -0.15) is 5.10 Å². The summed E-state index contributed by atoms with van der Waals surface area (Å²) in [5, 5.41) is 7.06. The maximum Gasteiger partial charge on any atom is 0.329 e. The molecule has 0 radical (unpaired) electrons. The maximum atomic E-state index is 12.0. The zero-order valence-electron chi connectivity index (χ0n) is 17.2. The minimum atomic E-state index is -0.851. The van der Waals surface area contributed by atoms with Crippen molar-refractivity contribution >= 4 is 35.3 Å². The lowest BCUT2D eigenvalue weighted by molar-refractivity contribution is -0.136. The highest BCUT2D eigenvalue weighted by atomic mass is 35.5. The van der Waals surface area contributed by atoms with Gasteiger partial charge in [0.15, 0.2) is 0 Å². The molecule has 0 aromatic heterocycles. The van der Waals surface area contributed by atoms with Gasteiger partial charge in [-0.1, -0.05) is 47.5 Å². The molecular formula is C24H22ClN3O3. The Morgan fingerprint density at radius 2 is 1.74 bits per heavy atom. The zero-order valence-corrected chi connectivity index (χ0v) is 17.9.